The molecule has 2 aromatic rings. The molecule has 7 nitrogen and oxygen atoms in total. The molecule has 0 aliphatic carbocycles. The van der Waals surface area contributed by atoms with E-state index in [4.69, 9.17) is 4.74 Å². The second-order valence-corrected chi connectivity index (χ2v) is 6.85. The molecule has 4 N–H and O–H groups in total. The summed E-state index contributed by atoms with van der Waals surface area (Å²) in [5.41, 5.74) is 0.583. The summed E-state index contributed by atoms with van der Waals surface area (Å²) in [6, 6.07) is 15.4. The first-order valence-electron chi connectivity index (χ1n) is 10.0. The minimum absolute atomic E-state index is 0.141. The Morgan fingerprint density at radius 2 is 1.66 bits per heavy atom. The molecule has 0 aromatic heterocycles. The minimum Gasteiger partial charge on any atom is -0.544 e. The summed E-state index contributed by atoms with van der Waals surface area (Å²) in [4.78, 5) is 25.0. The third kappa shape index (κ3) is 7.93. The van der Waals surface area contributed by atoms with Crippen molar-refractivity contribution in [2.24, 2.45) is 0 Å². The van der Waals surface area contributed by atoms with Crippen molar-refractivity contribution in [1.82, 2.24) is 0 Å². The van der Waals surface area contributed by atoms with Crippen LogP contribution in [0.25, 0.3) is 0 Å². The molecule has 0 spiro atoms. The largest absolute Gasteiger partial charge is 0.544 e. The van der Waals surface area contributed by atoms with Crippen molar-refractivity contribution in [2.75, 3.05) is 31.5 Å². The van der Waals surface area contributed by atoms with E-state index in [0.717, 1.165) is 25.4 Å². The van der Waals surface area contributed by atoms with Crippen LogP contribution in [-0.2, 0) is 9.59 Å². The number of nitrogens with one attached hydrogen (secondary N) is 2. The summed E-state index contributed by atoms with van der Waals surface area (Å²) < 4.78 is 5.71. The molecule has 7 heteroatoms. The maximum Gasteiger partial charge on any atom is 0.230 e. The topological polar surface area (TPSA) is 99.5 Å². The summed E-state index contributed by atoms with van der Waals surface area (Å²) in [5, 5.41) is 15.8. The SMILES string of the molecule is CC[NH+](CC)CC[NH2+][C@@H](CC(=O)Nc1ccc(Oc2ccccc2)cc1)C(=O)[O-]. The first kappa shape index (κ1) is 22.4. The highest BCUT2D eigenvalue weighted by Gasteiger charge is 2.19. The Bertz CT molecular complexity index is 761. The van der Waals surface area contributed by atoms with Crippen LogP contribution in [0.15, 0.2) is 54.6 Å². The van der Waals surface area contributed by atoms with Crippen LogP contribution < -0.4 is 25.4 Å². The number of carbonyl (C=O) groups excluding carboxylic acids is 2. The molecular weight excluding hydrogens is 370 g/mol. The Morgan fingerprint density at radius 1 is 1.03 bits per heavy atom. The van der Waals surface area contributed by atoms with E-state index < -0.39 is 12.0 Å². The highest BCUT2D eigenvalue weighted by atomic mass is 16.5. The number of para-hydroxylation sites is 1. The summed E-state index contributed by atoms with van der Waals surface area (Å²) in [5.74, 6) is -0.208. The Balaban J connectivity index is 1.83. The molecule has 0 heterocycles. The Kier molecular flexibility index (Phi) is 9.14. The van der Waals surface area contributed by atoms with Gasteiger partial charge >= 0.3 is 0 Å². The summed E-state index contributed by atoms with van der Waals surface area (Å²) >= 11 is 0. The number of carbonyl (C=O) groups is 2. The molecule has 0 radical (unpaired) electrons. The van der Waals surface area contributed by atoms with Gasteiger partial charge in [0.1, 0.15) is 30.6 Å². The van der Waals surface area contributed by atoms with Gasteiger partial charge in [-0.05, 0) is 50.2 Å². The van der Waals surface area contributed by atoms with E-state index in [1.165, 1.54) is 4.90 Å². The average Bonchev–Trinajstić information content (AvgIpc) is 2.72. The van der Waals surface area contributed by atoms with Crippen molar-refractivity contribution in [1.29, 1.82) is 0 Å². The summed E-state index contributed by atoms with van der Waals surface area (Å²) in [7, 11) is 0. The number of anilines is 1. The molecule has 2 aromatic carbocycles. The van der Waals surface area contributed by atoms with Gasteiger partial charge in [0, 0.05) is 5.69 Å². The summed E-state index contributed by atoms with van der Waals surface area (Å²) in [6.07, 6.45) is -0.141. The zero-order valence-electron chi connectivity index (χ0n) is 17.0. The number of hydrogen-bond acceptors (Lipinski definition) is 4. The molecule has 0 saturated heterocycles. The second kappa shape index (κ2) is 11.8. The van der Waals surface area contributed by atoms with Gasteiger partial charge in [-0.2, -0.15) is 0 Å². The number of amides is 1. The van der Waals surface area contributed by atoms with Crippen LogP contribution >= 0.6 is 0 Å². The van der Waals surface area contributed by atoms with Gasteiger partial charge < -0.3 is 30.2 Å². The number of quaternary nitrogens is 2. The second-order valence-electron chi connectivity index (χ2n) is 6.85. The molecule has 0 aliphatic rings. The monoisotopic (exact) mass is 400 g/mol. The number of carboxylic acid groups (broad SMARTS) is 1. The molecule has 2 rings (SSSR count). The smallest absolute Gasteiger partial charge is 0.230 e. The number of rotatable bonds is 12. The lowest BCUT2D eigenvalue weighted by atomic mass is 10.2. The van der Waals surface area contributed by atoms with E-state index in [9.17, 15) is 14.7 Å². The average molecular weight is 400 g/mol. The van der Waals surface area contributed by atoms with Gasteiger partial charge in [0.2, 0.25) is 5.91 Å². The fourth-order valence-electron chi connectivity index (χ4n) is 3.00. The third-order valence-corrected chi connectivity index (χ3v) is 4.77. The van der Waals surface area contributed by atoms with Crippen LogP contribution in [0.4, 0.5) is 5.69 Å². The van der Waals surface area contributed by atoms with E-state index in [-0.39, 0.29) is 12.3 Å². The molecule has 29 heavy (non-hydrogen) atoms. The summed E-state index contributed by atoms with van der Waals surface area (Å²) in [6.45, 7) is 7.66. The Morgan fingerprint density at radius 3 is 2.24 bits per heavy atom. The van der Waals surface area contributed by atoms with Gasteiger partial charge in [0.15, 0.2) is 0 Å². The number of ether oxygens (including phenoxy) is 1. The van der Waals surface area contributed by atoms with Gasteiger partial charge in [0.05, 0.1) is 25.5 Å². The number of carboxylic acids is 1. The van der Waals surface area contributed by atoms with Gasteiger partial charge in [0.25, 0.3) is 0 Å². The van der Waals surface area contributed by atoms with Gasteiger partial charge in [-0.1, -0.05) is 18.2 Å². The molecule has 156 valence electrons. The predicted octanol–water partition coefficient (Wildman–Crippen LogP) is -0.586. The maximum atomic E-state index is 12.3. The normalized spacial score (nSPS) is 11.8. The van der Waals surface area contributed by atoms with Crippen LogP contribution in [0, 0.1) is 0 Å². The Labute approximate surface area is 171 Å². The van der Waals surface area contributed by atoms with Crippen LogP contribution in [0.1, 0.15) is 20.3 Å². The minimum atomic E-state index is -1.22. The lowest BCUT2D eigenvalue weighted by molar-refractivity contribution is -0.910. The molecule has 0 saturated carbocycles. The van der Waals surface area contributed by atoms with Crippen LogP contribution in [-0.4, -0.2) is 44.1 Å². The van der Waals surface area contributed by atoms with Crippen molar-refractivity contribution in [3.8, 4) is 11.5 Å². The van der Waals surface area contributed by atoms with E-state index in [2.05, 4.69) is 19.2 Å². The van der Waals surface area contributed by atoms with Crippen molar-refractivity contribution in [3.63, 3.8) is 0 Å². The Hall–Kier alpha value is -2.90. The molecule has 0 fully saturated rings. The zero-order valence-corrected chi connectivity index (χ0v) is 17.0. The van der Waals surface area contributed by atoms with Gasteiger partial charge in [-0.25, -0.2) is 0 Å². The molecule has 1 amide bonds. The lowest BCUT2D eigenvalue weighted by Crippen LogP contribution is -3.14. The number of hydrogen-bond donors (Lipinski definition) is 3. The van der Waals surface area contributed by atoms with Crippen LogP contribution in [0.5, 0.6) is 11.5 Å². The first-order valence-corrected chi connectivity index (χ1v) is 10.0. The van der Waals surface area contributed by atoms with E-state index in [1.807, 2.05) is 30.3 Å². The lowest BCUT2D eigenvalue weighted by Gasteiger charge is -2.19. The molecule has 0 bridgehead atoms. The van der Waals surface area contributed by atoms with E-state index in [0.29, 0.717) is 18.0 Å². The highest BCUT2D eigenvalue weighted by Crippen LogP contribution is 2.22. The van der Waals surface area contributed by atoms with Crippen LogP contribution in [0.2, 0.25) is 0 Å². The first-order chi connectivity index (χ1) is 14.0. The van der Waals surface area contributed by atoms with Crippen LogP contribution in [0.3, 0.4) is 0 Å². The number of aliphatic carboxylic acids is 1. The molecule has 0 aliphatic heterocycles. The number of nitrogens with two attached hydrogens (primary N) is 1. The van der Waals surface area contributed by atoms with E-state index >= 15 is 0 Å². The maximum absolute atomic E-state index is 12.3. The fourth-order valence-corrected chi connectivity index (χ4v) is 3.00. The standard InChI is InChI=1S/C22H29N3O4/c1-3-25(4-2)15-14-23-20(22(27)28)16-21(26)24-17-10-12-19(13-11-17)29-18-8-6-5-7-9-18/h5-13,20,23H,3-4,14-16H2,1-2H3,(H,24,26)(H,27,28)/p+1/t20-/m0/s1. The zero-order chi connectivity index (χ0) is 21.1. The molecule has 0 unspecified atom stereocenters. The van der Waals surface area contributed by atoms with Crippen molar-refractivity contribution in [3.05, 3.63) is 54.6 Å². The van der Waals surface area contributed by atoms with Crippen molar-refractivity contribution < 1.29 is 29.6 Å². The fraction of sp³-hybridized carbons (Fsp3) is 0.364. The van der Waals surface area contributed by atoms with E-state index in [1.54, 1.807) is 29.6 Å². The van der Waals surface area contributed by atoms with Gasteiger partial charge in [-0.15, -0.1) is 0 Å². The quantitative estimate of drug-likeness (QED) is 0.444. The number of benzene rings is 2. The van der Waals surface area contributed by atoms with Crippen molar-refractivity contribution in [2.45, 2.75) is 26.3 Å². The predicted molar refractivity (Wildman–Crippen MR) is 109 cm³/mol. The highest BCUT2D eigenvalue weighted by molar-refractivity contribution is 5.93. The third-order valence-electron chi connectivity index (χ3n) is 4.77. The van der Waals surface area contributed by atoms with Crippen molar-refractivity contribution >= 4 is 17.6 Å². The molecular formula is C22H30N3O4+. The van der Waals surface area contributed by atoms with Gasteiger partial charge in [-0.3, -0.25) is 4.79 Å². The molecule has 1 atom stereocenters. The number of likely N-dealkylation sites (N-methyl/N-ethyl adjacent to an activating group) is 1.